The number of carbonyl (C=O) groups excluding carboxylic acids is 3. The lowest BCUT2D eigenvalue weighted by atomic mass is 10.1. The van der Waals surface area contributed by atoms with Crippen LogP contribution < -0.4 is 10.2 Å². The number of barbiturate groups is 1. The number of nitrogens with one attached hydrogen (secondary N) is 1. The fourth-order valence-electron chi connectivity index (χ4n) is 2.21. The van der Waals surface area contributed by atoms with Crippen LogP contribution in [0.4, 0.5) is 10.5 Å². The Hall–Kier alpha value is -2.47. The van der Waals surface area contributed by atoms with Crippen molar-refractivity contribution in [1.82, 2.24) is 10.3 Å². The predicted octanol–water partition coefficient (Wildman–Crippen LogP) is 2.11. The van der Waals surface area contributed by atoms with E-state index in [1.165, 1.54) is 13.0 Å². The van der Waals surface area contributed by atoms with Crippen LogP contribution in [0.2, 0.25) is 5.02 Å². The molecule has 0 bridgehead atoms. The SMILES string of the molecule is CC1C(=O)NC(=O)N(c2ccc(Cl)c3cccnc23)C1=O. The van der Waals surface area contributed by atoms with Gasteiger partial charge in [-0.15, -0.1) is 0 Å². The largest absolute Gasteiger partial charge is 0.335 e. The number of imide groups is 2. The molecule has 1 aromatic carbocycles. The number of anilines is 1. The standard InChI is InChI=1S/C14H10ClN3O3/c1-7-12(19)17-14(21)18(13(7)20)10-5-4-9(15)8-3-2-6-16-11(8)10/h2-7H,1H3,(H,17,19,21). The first-order valence-corrected chi connectivity index (χ1v) is 6.60. The van der Waals surface area contributed by atoms with Gasteiger partial charge in [-0.1, -0.05) is 11.6 Å². The van der Waals surface area contributed by atoms with Gasteiger partial charge in [0.2, 0.25) is 11.8 Å². The summed E-state index contributed by atoms with van der Waals surface area (Å²) in [6, 6.07) is 5.80. The molecule has 1 atom stereocenters. The maximum absolute atomic E-state index is 12.3. The first-order chi connectivity index (χ1) is 10.0. The molecule has 0 aliphatic carbocycles. The normalized spacial score (nSPS) is 19.0. The summed E-state index contributed by atoms with van der Waals surface area (Å²) in [6.45, 7) is 1.45. The van der Waals surface area contributed by atoms with Crippen LogP contribution in [0.1, 0.15) is 6.92 Å². The zero-order valence-electron chi connectivity index (χ0n) is 11.0. The van der Waals surface area contributed by atoms with Crippen molar-refractivity contribution in [2.24, 2.45) is 5.92 Å². The van der Waals surface area contributed by atoms with Crippen LogP contribution in [-0.2, 0) is 9.59 Å². The van der Waals surface area contributed by atoms with E-state index in [0.29, 0.717) is 21.6 Å². The van der Waals surface area contributed by atoms with Crippen molar-refractivity contribution < 1.29 is 14.4 Å². The molecule has 1 aliphatic rings. The van der Waals surface area contributed by atoms with Crippen LogP contribution in [0, 0.1) is 5.92 Å². The van der Waals surface area contributed by atoms with Gasteiger partial charge in [0.05, 0.1) is 16.2 Å². The second kappa shape index (κ2) is 4.82. The zero-order chi connectivity index (χ0) is 15.1. The zero-order valence-corrected chi connectivity index (χ0v) is 11.7. The van der Waals surface area contributed by atoms with Crippen molar-refractivity contribution in [2.45, 2.75) is 6.92 Å². The van der Waals surface area contributed by atoms with Crippen LogP contribution in [0.15, 0.2) is 30.5 Å². The van der Waals surface area contributed by atoms with Crippen LogP contribution in [0.25, 0.3) is 10.9 Å². The third-order valence-electron chi connectivity index (χ3n) is 3.35. The molecule has 6 nitrogen and oxygen atoms in total. The van der Waals surface area contributed by atoms with Crippen molar-refractivity contribution in [2.75, 3.05) is 4.90 Å². The van der Waals surface area contributed by atoms with E-state index in [-0.39, 0.29) is 0 Å². The molecule has 3 rings (SSSR count). The highest BCUT2D eigenvalue weighted by Gasteiger charge is 2.39. The number of pyridine rings is 1. The summed E-state index contributed by atoms with van der Waals surface area (Å²) in [5.74, 6) is -2.12. The molecule has 1 aromatic heterocycles. The lowest BCUT2D eigenvalue weighted by Gasteiger charge is -2.28. The monoisotopic (exact) mass is 303 g/mol. The molecule has 1 fully saturated rings. The summed E-state index contributed by atoms with van der Waals surface area (Å²) < 4.78 is 0. The average molecular weight is 304 g/mol. The minimum absolute atomic E-state index is 0.303. The maximum atomic E-state index is 12.3. The average Bonchev–Trinajstić information content (AvgIpc) is 2.47. The van der Waals surface area contributed by atoms with Gasteiger partial charge >= 0.3 is 6.03 Å². The van der Waals surface area contributed by atoms with Gasteiger partial charge in [0.15, 0.2) is 0 Å². The number of carbonyl (C=O) groups is 3. The summed E-state index contributed by atoms with van der Waals surface area (Å²) in [6.07, 6.45) is 1.54. The van der Waals surface area contributed by atoms with E-state index in [2.05, 4.69) is 10.3 Å². The molecule has 0 saturated carbocycles. The van der Waals surface area contributed by atoms with Crippen molar-refractivity contribution in [3.05, 3.63) is 35.5 Å². The summed E-state index contributed by atoms with van der Waals surface area (Å²) in [7, 11) is 0. The summed E-state index contributed by atoms with van der Waals surface area (Å²) in [5, 5.41) is 3.25. The van der Waals surface area contributed by atoms with Crippen LogP contribution in [-0.4, -0.2) is 22.8 Å². The summed E-state index contributed by atoms with van der Waals surface area (Å²) in [4.78, 5) is 40.9. The van der Waals surface area contributed by atoms with Crippen LogP contribution >= 0.6 is 11.6 Å². The van der Waals surface area contributed by atoms with Gasteiger partial charge in [0.25, 0.3) is 0 Å². The van der Waals surface area contributed by atoms with E-state index < -0.39 is 23.8 Å². The number of fused-ring (bicyclic) bond motifs is 1. The number of halogens is 1. The molecule has 7 heteroatoms. The molecule has 1 saturated heterocycles. The highest BCUT2D eigenvalue weighted by atomic mass is 35.5. The number of aromatic nitrogens is 1. The van der Waals surface area contributed by atoms with Crippen molar-refractivity contribution >= 4 is 46.0 Å². The molecule has 21 heavy (non-hydrogen) atoms. The van der Waals surface area contributed by atoms with Crippen molar-refractivity contribution in [3.8, 4) is 0 Å². The number of benzene rings is 1. The Balaban J connectivity index is 2.21. The van der Waals surface area contributed by atoms with Gasteiger partial charge in [0, 0.05) is 11.6 Å². The first kappa shape index (κ1) is 13.5. The Bertz CT molecular complexity index is 790. The van der Waals surface area contributed by atoms with E-state index in [4.69, 9.17) is 11.6 Å². The highest BCUT2D eigenvalue weighted by molar-refractivity contribution is 6.36. The Morgan fingerprint density at radius 3 is 2.76 bits per heavy atom. The van der Waals surface area contributed by atoms with Crippen molar-refractivity contribution in [3.63, 3.8) is 0 Å². The fourth-order valence-corrected chi connectivity index (χ4v) is 2.42. The molecule has 1 aliphatic heterocycles. The minimum atomic E-state index is -0.933. The van der Waals surface area contributed by atoms with E-state index >= 15 is 0 Å². The lowest BCUT2D eigenvalue weighted by Crippen LogP contribution is -2.57. The molecule has 0 radical (unpaired) electrons. The Labute approximate surface area is 124 Å². The number of amides is 4. The van der Waals surface area contributed by atoms with Crippen LogP contribution in [0.5, 0.6) is 0 Å². The minimum Gasteiger partial charge on any atom is -0.277 e. The molecule has 106 valence electrons. The number of hydrogen-bond donors (Lipinski definition) is 1. The number of urea groups is 1. The second-order valence-electron chi connectivity index (χ2n) is 4.66. The Kier molecular flexibility index (Phi) is 3.10. The molecule has 4 amide bonds. The second-order valence-corrected chi connectivity index (χ2v) is 5.06. The quantitative estimate of drug-likeness (QED) is 0.818. The first-order valence-electron chi connectivity index (χ1n) is 6.22. The van der Waals surface area contributed by atoms with E-state index in [1.54, 1.807) is 24.4 Å². The van der Waals surface area contributed by atoms with E-state index in [9.17, 15) is 14.4 Å². The number of rotatable bonds is 1. The molecule has 1 unspecified atom stereocenters. The van der Waals surface area contributed by atoms with Gasteiger partial charge in [0.1, 0.15) is 5.92 Å². The van der Waals surface area contributed by atoms with Gasteiger partial charge in [-0.05, 0) is 31.2 Å². The smallest absolute Gasteiger partial charge is 0.277 e. The van der Waals surface area contributed by atoms with Gasteiger partial charge in [-0.25, -0.2) is 9.69 Å². The molecule has 2 aromatic rings. The van der Waals surface area contributed by atoms with Crippen molar-refractivity contribution in [1.29, 1.82) is 0 Å². The van der Waals surface area contributed by atoms with Gasteiger partial charge in [-0.3, -0.25) is 19.9 Å². The molecular weight excluding hydrogens is 294 g/mol. The Morgan fingerprint density at radius 2 is 2.00 bits per heavy atom. The third kappa shape index (κ3) is 2.04. The lowest BCUT2D eigenvalue weighted by molar-refractivity contribution is -0.133. The number of nitrogens with zero attached hydrogens (tertiary/aromatic N) is 2. The fraction of sp³-hybridized carbons (Fsp3) is 0.143. The maximum Gasteiger partial charge on any atom is 0.335 e. The third-order valence-corrected chi connectivity index (χ3v) is 3.68. The summed E-state index contributed by atoms with van der Waals surface area (Å²) in [5.41, 5.74) is 0.729. The molecule has 2 heterocycles. The van der Waals surface area contributed by atoms with E-state index in [0.717, 1.165) is 4.90 Å². The summed E-state index contributed by atoms with van der Waals surface area (Å²) >= 11 is 6.09. The molecule has 1 N–H and O–H groups in total. The van der Waals surface area contributed by atoms with E-state index in [1.807, 2.05) is 0 Å². The predicted molar refractivity (Wildman–Crippen MR) is 76.9 cm³/mol. The molecule has 0 spiro atoms. The van der Waals surface area contributed by atoms with Gasteiger partial charge < -0.3 is 0 Å². The topological polar surface area (TPSA) is 79.4 Å². The van der Waals surface area contributed by atoms with Crippen LogP contribution in [0.3, 0.4) is 0 Å². The van der Waals surface area contributed by atoms with Gasteiger partial charge in [-0.2, -0.15) is 0 Å². The Morgan fingerprint density at radius 1 is 1.24 bits per heavy atom. The molecular formula is C14H10ClN3O3. The number of hydrogen-bond acceptors (Lipinski definition) is 4. The highest BCUT2D eigenvalue weighted by Crippen LogP contribution is 2.32.